The smallest absolute Gasteiger partial charge is 0.226 e. The number of aromatic nitrogens is 1. The maximum absolute atomic E-state index is 12.3. The van der Waals surface area contributed by atoms with E-state index < -0.39 is 0 Å². The monoisotopic (exact) mass is 310 g/mol. The molecule has 0 spiro atoms. The van der Waals surface area contributed by atoms with Crippen LogP contribution < -0.4 is 4.74 Å². The molecule has 0 N–H and O–H groups in total. The number of hydrogen-bond acceptors (Lipinski definition) is 6. The summed E-state index contributed by atoms with van der Waals surface area (Å²) in [5.74, 6) is 0.664. The van der Waals surface area contributed by atoms with Gasteiger partial charge in [0.25, 0.3) is 0 Å². The zero-order valence-corrected chi connectivity index (χ0v) is 12.4. The van der Waals surface area contributed by atoms with E-state index >= 15 is 0 Å². The molecule has 3 rings (SSSR count). The van der Waals surface area contributed by atoms with E-state index in [1.165, 1.54) is 11.3 Å². The van der Waals surface area contributed by atoms with Crippen molar-refractivity contribution in [2.75, 3.05) is 7.11 Å². The van der Waals surface area contributed by atoms with Gasteiger partial charge in [0.05, 0.1) is 12.0 Å². The first-order valence-electron chi connectivity index (χ1n) is 6.37. The van der Waals surface area contributed by atoms with Crippen molar-refractivity contribution >= 4 is 17.1 Å². The van der Waals surface area contributed by atoms with E-state index in [1.54, 1.807) is 48.9 Å². The predicted molar refractivity (Wildman–Crippen MR) is 81.0 cm³/mol. The van der Waals surface area contributed by atoms with Crippen LogP contribution in [0.3, 0.4) is 0 Å². The van der Waals surface area contributed by atoms with Crippen LogP contribution >= 0.6 is 11.3 Å². The normalized spacial score (nSPS) is 10.2. The highest BCUT2D eigenvalue weighted by atomic mass is 32.1. The fourth-order valence-corrected chi connectivity index (χ4v) is 2.68. The molecule has 0 bridgehead atoms. The lowest BCUT2D eigenvalue weighted by molar-refractivity contribution is 0.103. The summed E-state index contributed by atoms with van der Waals surface area (Å²) in [4.78, 5) is 12.9. The van der Waals surface area contributed by atoms with E-state index in [0.29, 0.717) is 16.2 Å². The summed E-state index contributed by atoms with van der Waals surface area (Å²) >= 11 is 1.30. The van der Waals surface area contributed by atoms with Gasteiger partial charge in [-0.15, -0.1) is 11.3 Å². The summed E-state index contributed by atoms with van der Waals surface area (Å²) in [6.07, 6.45) is 0. The number of hydrogen-bond donors (Lipinski definition) is 0. The Morgan fingerprint density at radius 3 is 2.68 bits per heavy atom. The first kappa shape index (κ1) is 14.0. The van der Waals surface area contributed by atoms with E-state index in [4.69, 9.17) is 9.26 Å². The minimum absolute atomic E-state index is 0.0377. The highest BCUT2D eigenvalue weighted by molar-refractivity contribution is 7.12. The number of carbonyl (C=O) groups is 1. The summed E-state index contributed by atoms with van der Waals surface area (Å²) in [6, 6.07) is 12.5. The second-order valence-corrected chi connectivity index (χ2v) is 5.33. The molecule has 3 aromatic rings. The predicted octanol–water partition coefficient (Wildman–Crippen LogP) is 3.51. The van der Waals surface area contributed by atoms with E-state index in [2.05, 4.69) is 5.16 Å². The largest absolute Gasteiger partial charge is 0.497 e. The minimum atomic E-state index is -0.310. The Bertz CT molecular complexity index is 843. The van der Waals surface area contributed by atoms with Crippen LogP contribution in [0.4, 0.5) is 0 Å². The number of thiophene rings is 1. The molecule has 0 aliphatic heterocycles. The van der Waals surface area contributed by atoms with Crippen molar-refractivity contribution in [2.45, 2.75) is 0 Å². The van der Waals surface area contributed by atoms with Crippen molar-refractivity contribution in [3.8, 4) is 23.1 Å². The van der Waals surface area contributed by atoms with Gasteiger partial charge in [0.1, 0.15) is 17.4 Å². The molecule has 2 aromatic heterocycles. The fraction of sp³-hybridized carbons (Fsp3) is 0.0625. The second-order valence-electron chi connectivity index (χ2n) is 4.38. The zero-order chi connectivity index (χ0) is 15.5. The fourth-order valence-electron chi connectivity index (χ4n) is 2.01. The van der Waals surface area contributed by atoms with Gasteiger partial charge in [-0.3, -0.25) is 4.79 Å². The Morgan fingerprint density at radius 1 is 1.32 bits per heavy atom. The zero-order valence-electron chi connectivity index (χ0n) is 11.6. The quantitative estimate of drug-likeness (QED) is 0.689. The van der Waals surface area contributed by atoms with Crippen molar-refractivity contribution in [1.29, 1.82) is 5.26 Å². The van der Waals surface area contributed by atoms with Crippen LogP contribution in [0, 0.1) is 11.3 Å². The summed E-state index contributed by atoms with van der Waals surface area (Å²) in [5, 5.41) is 15.0. The molecule has 5 nitrogen and oxygen atoms in total. The molecule has 108 valence electrons. The Balaban J connectivity index is 2.04. The molecule has 0 saturated carbocycles. The first-order valence-corrected chi connectivity index (χ1v) is 7.25. The molecule has 0 saturated heterocycles. The van der Waals surface area contributed by atoms with Gasteiger partial charge >= 0.3 is 0 Å². The highest BCUT2D eigenvalue weighted by Crippen LogP contribution is 2.29. The van der Waals surface area contributed by atoms with Gasteiger partial charge in [0, 0.05) is 5.56 Å². The van der Waals surface area contributed by atoms with E-state index in [9.17, 15) is 10.1 Å². The molecule has 0 unspecified atom stereocenters. The maximum atomic E-state index is 12.3. The third kappa shape index (κ3) is 2.38. The summed E-state index contributed by atoms with van der Waals surface area (Å²) < 4.78 is 10.3. The van der Waals surface area contributed by atoms with Gasteiger partial charge in [-0.2, -0.15) is 5.26 Å². The third-order valence-corrected chi connectivity index (χ3v) is 3.98. The van der Waals surface area contributed by atoms with Crippen LogP contribution in [0.15, 0.2) is 46.3 Å². The Kier molecular flexibility index (Phi) is 3.73. The molecule has 0 fully saturated rings. The first-order chi connectivity index (χ1) is 10.7. The number of carbonyl (C=O) groups excluding carboxylic acids is 1. The topological polar surface area (TPSA) is 76.1 Å². The van der Waals surface area contributed by atoms with Crippen LogP contribution in [0.25, 0.3) is 11.3 Å². The number of methoxy groups -OCH3 is 1. The summed E-state index contributed by atoms with van der Waals surface area (Å²) in [7, 11) is 1.57. The molecule has 0 aliphatic rings. The van der Waals surface area contributed by atoms with Crippen molar-refractivity contribution in [3.05, 3.63) is 57.9 Å². The van der Waals surface area contributed by atoms with Crippen LogP contribution in [0.1, 0.15) is 20.9 Å². The highest BCUT2D eigenvalue weighted by Gasteiger charge is 2.24. The van der Waals surface area contributed by atoms with Crippen molar-refractivity contribution in [3.63, 3.8) is 0 Å². The lowest BCUT2D eigenvalue weighted by Crippen LogP contribution is -2.01. The van der Waals surface area contributed by atoms with Crippen LogP contribution in [0.2, 0.25) is 0 Å². The van der Waals surface area contributed by atoms with E-state index in [0.717, 1.165) is 0 Å². The van der Waals surface area contributed by atoms with Crippen molar-refractivity contribution < 1.29 is 14.1 Å². The van der Waals surface area contributed by atoms with Gasteiger partial charge < -0.3 is 9.26 Å². The standard InChI is InChI=1S/C16H10N2O3S/c1-20-11-6-4-10(5-7-11)16-12(9-17)14(18-21-16)15(19)13-3-2-8-22-13/h2-8H,1H3. The SMILES string of the molecule is COc1ccc(-c2onc(C(=O)c3cccs3)c2C#N)cc1. The average molecular weight is 310 g/mol. The Morgan fingerprint density at radius 2 is 2.09 bits per heavy atom. The lowest BCUT2D eigenvalue weighted by atomic mass is 10.1. The molecule has 0 amide bonds. The Hall–Kier alpha value is -2.91. The summed E-state index contributed by atoms with van der Waals surface area (Å²) in [5.41, 5.74) is 0.842. The van der Waals surface area contributed by atoms with Gasteiger partial charge in [-0.1, -0.05) is 11.2 Å². The van der Waals surface area contributed by atoms with Crippen LogP contribution in [0.5, 0.6) is 5.75 Å². The van der Waals surface area contributed by atoms with E-state index in [-0.39, 0.29) is 22.8 Å². The molecule has 2 heterocycles. The maximum Gasteiger partial charge on any atom is 0.226 e. The van der Waals surface area contributed by atoms with Gasteiger partial charge in [-0.05, 0) is 35.7 Å². The van der Waals surface area contributed by atoms with E-state index in [1.807, 2.05) is 6.07 Å². The molecule has 0 atom stereocenters. The number of nitrogens with zero attached hydrogens (tertiary/aromatic N) is 2. The van der Waals surface area contributed by atoms with Gasteiger partial charge in [0.15, 0.2) is 11.5 Å². The number of benzene rings is 1. The number of ketones is 1. The molecular formula is C16H10N2O3S. The molecule has 6 heteroatoms. The molecule has 0 radical (unpaired) electrons. The minimum Gasteiger partial charge on any atom is -0.497 e. The van der Waals surface area contributed by atoms with Gasteiger partial charge in [0.2, 0.25) is 5.78 Å². The number of nitriles is 1. The van der Waals surface area contributed by atoms with Crippen LogP contribution in [-0.4, -0.2) is 18.0 Å². The van der Waals surface area contributed by atoms with Crippen LogP contribution in [-0.2, 0) is 0 Å². The average Bonchev–Trinajstić information content (AvgIpc) is 3.23. The van der Waals surface area contributed by atoms with Crippen molar-refractivity contribution in [1.82, 2.24) is 5.16 Å². The van der Waals surface area contributed by atoms with Crippen molar-refractivity contribution in [2.24, 2.45) is 0 Å². The molecule has 0 aliphatic carbocycles. The third-order valence-electron chi connectivity index (χ3n) is 3.12. The molecular weight excluding hydrogens is 300 g/mol. The lowest BCUT2D eigenvalue weighted by Gasteiger charge is -2.00. The Labute approximate surface area is 130 Å². The molecule has 1 aromatic carbocycles. The summed E-state index contributed by atoms with van der Waals surface area (Å²) in [6.45, 7) is 0. The number of rotatable bonds is 4. The van der Waals surface area contributed by atoms with Gasteiger partial charge in [-0.25, -0.2) is 0 Å². The molecule has 22 heavy (non-hydrogen) atoms. The number of ether oxygens (including phenoxy) is 1. The second kappa shape index (κ2) is 5.84.